The Morgan fingerprint density at radius 1 is 1.00 bits per heavy atom. The highest BCUT2D eigenvalue weighted by Crippen LogP contribution is 2.51. The van der Waals surface area contributed by atoms with E-state index in [1.54, 1.807) is 6.07 Å². The molecule has 4 nitrogen and oxygen atoms in total. The Morgan fingerprint density at radius 3 is 2.38 bits per heavy atom. The summed E-state index contributed by atoms with van der Waals surface area (Å²) < 4.78 is 15.2. The number of carbonyl (C=O) groups is 1. The molecule has 172 valence electrons. The van der Waals surface area contributed by atoms with Crippen molar-refractivity contribution in [2.24, 2.45) is 16.1 Å². The van der Waals surface area contributed by atoms with Gasteiger partial charge in [0.1, 0.15) is 5.82 Å². The second kappa shape index (κ2) is 8.76. The molecule has 2 heterocycles. The molecule has 0 saturated carbocycles. The summed E-state index contributed by atoms with van der Waals surface area (Å²) in [5, 5.41) is 0.685. The minimum Gasteiger partial charge on any atom is -0.369 e. The number of para-hydroxylation sites is 1. The highest BCUT2D eigenvalue weighted by Gasteiger charge is 2.42. The fourth-order valence-corrected chi connectivity index (χ4v) is 5.94. The Morgan fingerprint density at radius 2 is 1.65 bits per heavy atom. The number of aliphatic imine (C=N–C) groups is 1. The van der Waals surface area contributed by atoms with Crippen LogP contribution in [0.2, 0.25) is 0 Å². The van der Waals surface area contributed by atoms with Gasteiger partial charge in [-0.05, 0) is 58.5 Å². The van der Waals surface area contributed by atoms with E-state index >= 15 is 4.39 Å². The van der Waals surface area contributed by atoms with E-state index in [2.05, 4.69) is 18.8 Å². The van der Waals surface area contributed by atoms with Crippen LogP contribution in [-0.4, -0.2) is 22.5 Å². The van der Waals surface area contributed by atoms with Crippen molar-refractivity contribution in [1.29, 1.82) is 0 Å². The summed E-state index contributed by atoms with van der Waals surface area (Å²) in [5.41, 5.74) is 10.1. The lowest BCUT2D eigenvalue weighted by Gasteiger charge is -2.42. The average Bonchev–Trinajstić information content (AvgIpc) is 2.93. The summed E-state index contributed by atoms with van der Waals surface area (Å²) in [4.78, 5) is 20.0. The van der Waals surface area contributed by atoms with Crippen LogP contribution in [-0.2, 0) is 0 Å². The molecule has 34 heavy (non-hydrogen) atoms. The van der Waals surface area contributed by atoms with Crippen molar-refractivity contribution in [1.82, 2.24) is 4.90 Å². The van der Waals surface area contributed by atoms with Crippen LogP contribution in [0.1, 0.15) is 47.7 Å². The number of thioether (sulfide) groups is 1. The van der Waals surface area contributed by atoms with E-state index in [4.69, 9.17) is 5.73 Å². The molecule has 0 spiro atoms. The first-order valence-electron chi connectivity index (χ1n) is 11.3. The predicted molar refractivity (Wildman–Crippen MR) is 136 cm³/mol. The highest BCUT2D eigenvalue weighted by molar-refractivity contribution is 8.17. The molecular weight excluding hydrogens is 445 g/mol. The smallest absolute Gasteiger partial charge is 0.225 e. The second-order valence-corrected chi connectivity index (χ2v) is 10.5. The van der Waals surface area contributed by atoms with E-state index in [9.17, 15) is 4.79 Å². The third-order valence-corrected chi connectivity index (χ3v) is 7.38. The van der Waals surface area contributed by atoms with Crippen LogP contribution in [0.25, 0.3) is 0 Å². The zero-order chi connectivity index (χ0) is 23.9. The highest BCUT2D eigenvalue weighted by atomic mass is 32.2. The summed E-state index contributed by atoms with van der Waals surface area (Å²) in [7, 11) is 0. The van der Waals surface area contributed by atoms with Crippen LogP contribution < -0.4 is 5.73 Å². The topological polar surface area (TPSA) is 58.7 Å². The minimum atomic E-state index is -0.391. The van der Waals surface area contributed by atoms with Gasteiger partial charge in [-0.25, -0.2) is 9.38 Å². The molecule has 3 aromatic rings. The lowest BCUT2D eigenvalue weighted by molar-refractivity contribution is 0.108. The van der Waals surface area contributed by atoms with E-state index < -0.39 is 5.92 Å². The fraction of sp³-hybridized carbons (Fsp3) is 0.214. The lowest BCUT2D eigenvalue weighted by atomic mass is 9.74. The molecular formula is C28H26FN3OS. The number of nitrogens with zero attached hydrogens (tertiary/aromatic N) is 2. The molecule has 0 amide bonds. The standard InChI is InChI=1S/C28H26FN3OS/c1-28(2)16-22-24(21-14-8-9-15-23(21)29)19-12-6-7-13-20(19)26(33)34-25(22)32(17-28)27(30)31-18-10-4-3-5-11-18/h3-15,24H,16-17H2,1-2H3,(H2,30,31)/t24-/m1/s1. The summed E-state index contributed by atoms with van der Waals surface area (Å²) in [6.07, 6.45) is 0.713. The van der Waals surface area contributed by atoms with Gasteiger partial charge in [-0.3, -0.25) is 4.79 Å². The van der Waals surface area contributed by atoms with Gasteiger partial charge < -0.3 is 10.6 Å². The molecule has 5 rings (SSSR count). The number of benzene rings is 3. The Labute approximate surface area is 203 Å². The number of hydrogen-bond acceptors (Lipinski definition) is 3. The maximum atomic E-state index is 15.2. The van der Waals surface area contributed by atoms with Gasteiger partial charge in [0.15, 0.2) is 0 Å². The van der Waals surface area contributed by atoms with Crippen molar-refractivity contribution in [2.75, 3.05) is 6.54 Å². The monoisotopic (exact) mass is 471 g/mol. The maximum absolute atomic E-state index is 15.2. The number of fused-ring (bicyclic) bond motifs is 1. The normalized spacial score (nSPS) is 20.0. The van der Waals surface area contributed by atoms with Crippen LogP contribution in [0.4, 0.5) is 10.1 Å². The van der Waals surface area contributed by atoms with Gasteiger partial charge in [0.2, 0.25) is 11.1 Å². The van der Waals surface area contributed by atoms with Crippen LogP contribution >= 0.6 is 11.8 Å². The van der Waals surface area contributed by atoms with Gasteiger partial charge in [-0.15, -0.1) is 0 Å². The number of rotatable bonds is 2. The first-order valence-corrected chi connectivity index (χ1v) is 12.1. The lowest BCUT2D eigenvalue weighted by Crippen LogP contribution is -2.46. The Kier molecular flexibility index (Phi) is 5.78. The van der Waals surface area contributed by atoms with Crippen molar-refractivity contribution < 1.29 is 9.18 Å². The van der Waals surface area contributed by atoms with E-state index in [0.717, 1.165) is 21.9 Å². The van der Waals surface area contributed by atoms with Gasteiger partial charge in [0, 0.05) is 18.0 Å². The summed E-state index contributed by atoms with van der Waals surface area (Å²) in [6.45, 7) is 4.94. The SMILES string of the molecule is CC1(C)CC2=C(SC(=O)c3ccccc3[C@@H]2c2ccccc2F)N(C(N)=Nc2ccccc2)C1. The zero-order valence-electron chi connectivity index (χ0n) is 19.2. The van der Waals surface area contributed by atoms with Crippen molar-refractivity contribution in [3.8, 4) is 0 Å². The average molecular weight is 472 g/mol. The second-order valence-electron chi connectivity index (χ2n) is 9.49. The molecule has 1 atom stereocenters. The molecule has 0 unspecified atom stereocenters. The third kappa shape index (κ3) is 4.14. The van der Waals surface area contributed by atoms with Crippen LogP contribution in [0.3, 0.4) is 0 Å². The van der Waals surface area contributed by atoms with E-state index in [-0.39, 0.29) is 16.3 Å². The molecule has 0 fully saturated rings. The number of halogens is 1. The van der Waals surface area contributed by atoms with Crippen LogP contribution in [0.5, 0.6) is 0 Å². The van der Waals surface area contributed by atoms with Gasteiger partial charge in [-0.2, -0.15) is 0 Å². The number of guanidine groups is 1. The minimum absolute atomic E-state index is 0.0702. The van der Waals surface area contributed by atoms with Crippen molar-refractivity contribution in [3.05, 3.63) is 112 Å². The van der Waals surface area contributed by atoms with E-state index in [1.165, 1.54) is 17.8 Å². The van der Waals surface area contributed by atoms with Gasteiger partial charge in [-0.1, -0.05) is 74.5 Å². The largest absolute Gasteiger partial charge is 0.369 e. The number of nitrogens with two attached hydrogens (primary N) is 1. The molecule has 6 heteroatoms. The van der Waals surface area contributed by atoms with Crippen molar-refractivity contribution >= 4 is 28.5 Å². The Balaban J connectivity index is 1.74. The van der Waals surface area contributed by atoms with Crippen LogP contribution in [0.15, 0.2) is 94.5 Å². The first kappa shape index (κ1) is 22.4. The molecule has 2 aliphatic rings. The van der Waals surface area contributed by atoms with E-state index in [0.29, 0.717) is 30.1 Å². The molecule has 0 aromatic heterocycles. The van der Waals surface area contributed by atoms with Gasteiger partial charge in [0.05, 0.1) is 10.7 Å². The molecule has 2 aliphatic heterocycles. The van der Waals surface area contributed by atoms with Gasteiger partial charge >= 0.3 is 0 Å². The van der Waals surface area contributed by atoms with Crippen molar-refractivity contribution in [2.45, 2.75) is 26.2 Å². The Bertz CT molecular complexity index is 1320. The maximum Gasteiger partial charge on any atom is 0.225 e. The van der Waals surface area contributed by atoms with Gasteiger partial charge in [0.25, 0.3) is 0 Å². The number of allylic oxidation sites excluding steroid dienone is 1. The van der Waals surface area contributed by atoms with Crippen molar-refractivity contribution in [3.63, 3.8) is 0 Å². The quantitative estimate of drug-likeness (QED) is 0.345. The van der Waals surface area contributed by atoms with E-state index in [1.807, 2.05) is 71.6 Å². The summed E-state index contributed by atoms with van der Waals surface area (Å²) in [6, 6.07) is 23.9. The molecule has 0 radical (unpaired) electrons. The summed E-state index contributed by atoms with van der Waals surface area (Å²) >= 11 is 1.17. The third-order valence-electron chi connectivity index (χ3n) is 6.30. The molecule has 0 aliphatic carbocycles. The van der Waals surface area contributed by atoms with Crippen LogP contribution in [0, 0.1) is 11.2 Å². The summed E-state index contributed by atoms with van der Waals surface area (Å²) in [5.74, 6) is -0.350. The number of hydrogen-bond donors (Lipinski definition) is 1. The predicted octanol–water partition coefficient (Wildman–Crippen LogP) is 6.43. The first-order chi connectivity index (χ1) is 16.3. The molecule has 3 aromatic carbocycles. The Hall–Kier alpha value is -3.38. The molecule has 2 N–H and O–H groups in total. The molecule has 0 saturated heterocycles. The molecule has 0 bridgehead atoms. The zero-order valence-corrected chi connectivity index (χ0v) is 20.0. The fourth-order valence-electron chi connectivity index (χ4n) is 4.88. The number of carbonyl (C=O) groups excluding carboxylic acids is 1.